The van der Waals surface area contributed by atoms with E-state index in [9.17, 15) is 4.79 Å². The number of carbonyl (C=O) groups is 1. The summed E-state index contributed by atoms with van der Waals surface area (Å²) in [5, 5.41) is -0.0627. The SMILES string of the molecule is CC=C(C=CC(C)Cl)N1c2ccc(C(=O)N3CCCCC3)cc2C(C)(OCCCC)C2OC21. The summed E-state index contributed by atoms with van der Waals surface area (Å²) in [6, 6.07) is 6.07. The van der Waals surface area contributed by atoms with Gasteiger partial charge in [0.1, 0.15) is 11.7 Å². The number of hydrogen-bond donors (Lipinski definition) is 0. The van der Waals surface area contributed by atoms with E-state index in [0.717, 1.165) is 61.3 Å². The van der Waals surface area contributed by atoms with Crippen molar-refractivity contribution in [3.8, 4) is 0 Å². The molecule has 4 atom stereocenters. The van der Waals surface area contributed by atoms with Gasteiger partial charge in [-0.3, -0.25) is 4.79 Å². The van der Waals surface area contributed by atoms with Crippen LogP contribution in [0.5, 0.6) is 0 Å². The second-order valence-electron chi connectivity index (χ2n) is 9.46. The topological polar surface area (TPSA) is 45.3 Å². The highest BCUT2D eigenvalue weighted by Gasteiger charge is 2.62. The first-order valence-electron chi connectivity index (χ1n) is 12.4. The van der Waals surface area contributed by atoms with E-state index >= 15 is 0 Å². The van der Waals surface area contributed by atoms with E-state index in [0.29, 0.717) is 6.61 Å². The van der Waals surface area contributed by atoms with Crippen LogP contribution in [0.3, 0.4) is 0 Å². The van der Waals surface area contributed by atoms with Gasteiger partial charge in [-0.25, -0.2) is 0 Å². The summed E-state index contributed by atoms with van der Waals surface area (Å²) < 4.78 is 12.7. The van der Waals surface area contributed by atoms with E-state index in [2.05, 4.69) is 30.9 Å². The molecule has 3 aliphatic rings. The zero-order valence-electron chi connectivity index (χ0n) is 20.4. The molecular weight excluding hydrogens is 436 g/mol. The molecule has 6 heteroatoms. The van der Waals surface area contributed by atoms with Gasteiger partial charge in [-0.1, -0.05) is 25.5 Å². The van der Waals surface area contributed by atoms with Crippen LogP contribution in [0.1, 0.15) is 75.7 Å². The van der Waals surface area contributed by atoms with Gasteiger partial charge in [0.05, 0.1) is 0 Å². The molecule has 1 aromatic rings. The molecule has 0 aromatic heterocycles. The highest BCUT2D eigenvalue weighted by molar-refractivity contribution is 6.21. The number of benzene rings is 1. The Kier molecular flexibility index (Phi) is 7.52. The molecule has 1 amide bonds. The van der Waals surface area contributed by atoms with E-state index in [1.54, 1.807) is 0 Å². The normalized spacial score (nSPS) is 28.0. The van der Waals surface area contributed by atoms with Crippen molar-refractivity contribution in [2.45, 2.75) is 83.1 Å². The number of rotatable bonds is 8. The molecule has 3 aliphatic heterocycles. The summed E-state index contributed by atoms with van der Waals surface area (Å²) in [5.74, 6) is 0.112. The first-order chi connectivity index (χ1) is 15.9. The standard InChI is InChI=1S/C27H37ClN2O3/c1-5-7-17-32-27(4)22-18-20(25(31)29-15-9-8-10-16-29)12-14-23(22)30(26-24(27)33-26)21(6-2)13-11-19(3)28/h6,11-14,18-19,24,26H,5,7-10,15-17H2,1-4H3. The number of halogens is 1. The van der Waals surface area contributed by atoms with Crippen molar-refractivity contribution in [1.29, 1.82) is 0 Å². The maximum absolute atomic E-state index is 13.3. The molecule has 0 saturated carbocycles. The number of piperidine rings is 1. The van der Waals surface area contributed by atoms with E-state index in [1.807, 2.05) is 43.0 Å². The van der Waals surface area contributed by atoms with Gasteiger partial charge in [-0.2, -0.15) is 0 Å². The average Bonchev–Trinajstić information content (AvgIpc) is 3.63. The molecule has 33 heavy (non-hydrogen) atoms. The number of carbonyl (C=O) groups excluding carboxylic acids is 1. The van der Waals surface area contributed by atoms with Crippen molar-refractivity contribution in [2.75, 3.05) is 24.6 Å². The summed E-state index contributed by atoms with van der Waals surface area (Å²) in [6.07, 6.45) is 11.4. The lowest BCUT2D eigenvalue weighted by atomic mass is 9.84. The number of likely N-dealkylation sites (tertiary alicyclic amines) is 1. The van der Waals surface area contributed by atoms with Crippen molar-refractivity contribution in [1.82, 2.24) is 4.90 Å². The first kappa shape index (κ1) is 24.3. The lowest BCUT2D eigenvalue weighted by Gasteiger charge is -2.39. The van der Waals surface area contributed by atoms with Crippen LogP contribution < -0.4 is 4.90 Å². The fourth-order valence-corrected chi connectivity index (χ4v) is 5.04. The number of alkyl halides is 1. The van der Waals surface area contributed by atoms with E-state index in [4.69, 9.17) is 21.1 Å². The molecule has 4 rings (SSSR count). The number of ether oxygens (including phenoxy) is 2. The zero-order valence-corrected chi connectivity index (χ0v) is 21.1. The maximum Gasteiger partial charge on any atom is 0.253 e. The lowest BCUT2D eigenvalue weighted by molar-refractivity contribution is -0.0569. The third kappa shape index (κ3) is 4.87. The second-order valence-corrected chi connectivity index (χ2v) is 10.1. The van der Waals surface area contributed by atoms with Gasteiger partial charge in [0.25, 0.3) is 5.91 Å². The van der Waals surface area contributed by atoms with Crippen LogP contribution in [-0.4, -0.2) is 48.2 Å². The van der Waals surface area contributed by atoms with Gasteiger partial charge in [0, 0.05) is 47.6 Å². The van der Waals surface area contributed by atoms with Crippen LogP contribution in [0.4, 0.5) is 5.69 Å². The monoisotopic (exact) mass is 472 g/mol. The van der Waals surface area contributed by atoms with Gasteiger partial charge >= 0.3 is 0 Å². The summed E-state index contributed by atoms with van der Waals surface area (Å²) in [4.78, 5) is 17.5. The molecule has 0 spiro atoms. The predicted molar refractivity (Wildman–Crippen MR) is 134 cm³/mol. The molecule has 0 N–H and O–H groups in total. The first-order valence-corrected chi connectivity index (χ1v) is 12.9. The number of hydrogen-bond acceptors (Lipinski definition) is 4. The number of amides is 1. The fraction of sp³-hybridized carbons (Fsp3) is 0.593. The summed E-state index contributed by atoms with van der Waals surface area (Å²) in [6.45, 7) is 10.6. The Morgan fingerprint density at radius 2 is 2.09 bits per heavy atom. The van der Waals surface area contributed by atoms with Crippen molar-refractivity contribution in [3.63, 3.8) is 0 Å². The number of anilines is 1. The molecule has 0 aliphatic carbocycles. The highest BCUT2D eigenvalue weighted by Crippen LogP contribution is 2.54. The molecule has 0 bridgehead atoms. The predicted octanol–water partition coefficient (Wildman–Crippen LogP) is 5.98. The molecule has 5 nitrogen and oxygen atoms in total. The highest BCUT2D eigenvalue weighted by atomic mass is 35.5. The van der Waals surface area contributed by atoms with Gasteiger partial charge in [-0.15, -0.1) is 11.6 Å². The Bertz CT molecular complexity index is 922. The average molecular weight is 473 g/mol. The molecule has 180 valence electrons. The number of nitrogens with zero attached hydrogens (tertiary/aromatic N) is 2. The van der Waals surface area contributed by atoms with Gasteiger partial charge in [-0.05, 0) is 70.7 Å². The second kappa shape index (κ2) is 10.2. The fourth-order valence-electron chi connectivity index (χ4n) is 4.97. The Morgan fingerprint density at radius 3 is 2.76 bits per heavy atom. The molecule has 4 unspecified atom stereocenters. The third-order valence-corrected chi connectivity index (χ3v) is 7.10. The van der Waals surface area contributed by atoms with Crippen LogP contribution in [0, 0.1) is 0 Å². The van der Waals surface area contributed by atoms with Crippen LogP contribution >= 0.6 is 11.6 Å². The maximum atomic E-state index is 13.3. The van der Waals surface area contributed by atoms with Gasteiger partial charge < -0.3 is 19.3 Å². The molecular formula is C27H37ClN2O3. The number of unbranched alkanes of at least 4 members (excludes halogenated alkanes) is 1. The summed E-state index contributed by atoms with van der Waals surface area (Å²) in [7, 11) is 0. The van der Waals surface area contributed by atoms with Crippen molar-refractivity contribution >= 4 is 23.2 Å². The molecule has 2 saturated heterocycles. The molecule has 2 fully saturated rings. The van der Waals surface area contributed by atoms with Crippen LogP contribution in [0.2, 0.25) is 0 Å². The number of epoxide rings is 1. The van der Waals surface area contributed by atoms with Crippen LogP contribution in [-0.2, 0) is 15.1 Å². The minimum absolute atomic E-state index is 0.0627. The lowest BCUT2D eigenvalue weighted by Crippen LogP contribution is -2.44. The van der Waals surface area contributed by atoms with E-state index < -0.39 is 5.60 Å². The minimum Gasteiger partial charge on any atom is -0.368 e. The van der Waals surface area contributed by atoms with Crippen molar-refractivity contribution in [3.05, 3.63) is 53.3 Å². The molecule has 1 aromatic carbocycles. The van der Waals surface area contributed by atoms with E-state index in [1.165, 1.54) is 6.42 Å². The Morgan fingerprint density at radius 1 is 1.33 bits per heavy atom. The minimum atomic E-state index is -0.591. The van der Waals surface area contributed by atoms with Crippen molar-refractivity contribution in [2.24, 2.45) is 0 Å². The van der Waals surface area contributed by atoms with Gasteiger partial charge in [0.15, 0.2) is 6.23 Å². The van der Waals surface area contributed by atoms with E-state index in [-0.39, 0.29) is 23.6 Å². The third-order valence-electron chi connectivity index (χ3n) is 6.95. The Labute approximate surface area is 203 Å². The number of fused-ring (bicyclic) bond motifs is 2. The smallest absolute Gasteiger partial charge is 0.253 e. The van der Waals surface area contributed by atoms with Crippen LogP contribution in [0.15, 0.2) is 42.1 Å². The number of allylic oxidation sites excluding steroid dienone is 3. The summed E-state index contributed by atoms with van der Waals surface area (Å²) >= 11 is 6.18. The largest absolute Gasteiger partial charge is 0.368 e. The Balaban J connectivity index is 1.73. The quantitative estimate of drug-likeness (QED) is 0.202. The van der Waals surface area contributed by atoms with Gasteiger partial charge in [0.2, 0.25) is 0 Å². The molecule has 0 radical (unpaired) electrons. The zero-order chi connectivity index (χ0) is 23.6. The summed E-state index contributed by atoms with van der Waals surface area (Å²) in [5.41, 5.74) is 3.22. The van der Waals surface area contributed by atoms with Crippen molar-refractivity contribution < 1.29 is 14.3 Å². The molecule has 3 heterocycles. The Hall–Kier alpha value is -1.82. The van der Waals surface area contributed by atoms with Crippen LogP contribution in [0.25, 0.3) is 0 Å².